The Bertz CT molecular complexity index is 1340. The molecule has 1 aliphatic rings. The number of anilines is 2. The van der Waals surface area contributed by atoms with Crippen molar-refractivity contribution in [2.45, 2.75) is 78.4 Å². The average Bonchev–Trinajstić information content (AvgIpc) is 3.39. The molecule has 10 nitrogen and oxygen atoms in total. The SMILES string of the molecule is CC(C)n1nc(-c2ccc(CC(=O)Nc3cc(CC4CCC4)no3)cc2)c(C#N)c1NC(=O)OC(C)(C)C. The lowest BCUT2D eigenvalue weighted by molar-refractivity contribution is -0.115. The van der Waals surface area contributed by atoms with Gasteiger partial charge in [0.1, 0.15) is 22.9 Å². The van der Waals surface area contributed by atoms with Gasteiger partial charge in [0.15, 0.2) is 5.82 Å². The second kappa shape index (κ2) is 11.1. The fourth-order valence-corrected chi connectivity index (χ4v) is 4.24. The van der Waals surface area contributed by atoms with Crippen LogP contribution < -0.4 is 10.6 Å². The summed E-state index contributed by atoms with van der Waals surface area (Å²) in [4.78, 5) is 25.0. The number of nitrogens with zero attached hydrogens (tertiary/aromatic N) is 4. The highest BCUT2D eigenvalue weighted by molar-refractivity contribution is 5.91. The van der Waals surface area contributed by atoms with Crippen molar-refractivity contribution < 1.29 is 18.8 Å². The van der Waals surface area contributed by atoms with Crippen LogP contribution in [0.3, 0.4) is 0 Å². The van der Waals surface area contributed by atoms with Crippen LogP contribution in [0.4, 0.5) is 16.5 Å². The van der Waals surface area contributed by atoms with Gasteiger partial charge in [-0.05, 0) is 52.5 Å². The van der Waals surface area contributed by atoms with Crippen molar-refractivity contribution >= 4 is 23.7 Å². The molecule has 0 bridgehead atoms. The summed E-state index contributed by atoms with van der Waals surface area (Å²) >= 11 is 0. The molecule has 2 aromatic heterocycles. The number of benzene rings is 1. The Balaban J connectivity index is 1.45. The number of amides is 2. The van der Waals surface area contributed by atoms with Crippen LogP contribution in [0.25, 0.3) is 11.3 Å². The van der Waals surface area contributed by atoms with E-state index in [0.29, 0.717) is 23.1 Å². The van der Waals surface area contributed by atoms with Crippen molar-refractivity contribution in [1.29, 1.82) is 5.26 Å². The minimum Gasteiger partial charge on any atom is -0.444 e. The number of nitrogens with one attached hydrogen (secondary N) is 2. The molecule has 200 valence electrons. The van der Waals surface area contributed by atoms with Crippen LogP contribution in [0, 0.1) is 17.2 Å². The third-order valence-electron chi connectivity index (χ3n) is 6.27. The predicted molar refractivity (Wildman–Crippen MR) is 143 cm³/mol. The molecule has 0 spiro atoms. The number of rotatable bonds is 8. The number of hydrogen-bond acceptors (Lipinski definition) is 7. The van der Waals surface area contributed by atoms with E-state index in [-0.39, 0.29) is 29.8 Å². The first-order chi connectivity index (χ1) is 18.0. The maximum atomic E-state index is 12.6. The van der Waals surface area contributed by atoms with Crippen LogP contribution in [0.15, 0.2) is 34.9 Å². The van der Waals surface area contributed by atoms with E-state index in [1.54, 1.807) is 43.7 Å². The third-order valence-corrected chi connectivity index (χ3v) is 6.27. The zero-order chi connectivity index (χ0) is 27.4. The summed E-state index contributed by atoms with van der Waals surface area (Å²) in [6, 6.07) is 11.1. The molecule has 38 heavy (non-hydrogen) atoms. The van der Waals surface area contributed by atoms with Gasteiger partial charge in [-0.1, -0.05) is 48.7 Å². The molecule has 0 aliphatic heterocycles. The first-order valence-corrected chi connectivity index (χ1v) is 12.9. The van der Waals surface area contributed by atoms with Crippen molar-refractivity contribution in [2.75, 3.05) is 10.6 Å². The van der Waals surface area contributed by atoms with E-state index in [2.05, 4.69) is 27.0 Å². The lowest BCUT2D eigenvalue weighted by atomic mass is 9.82. The van der Waals surface area contributed by atoms with E-state index in [0.717, 1.165) is 17.7 Å². The molecular formula is C28H34N6O4. The highest BCUT2D eigenvalue weighted by Gasteiger charge is 2.25. The molecule has 1 fully saturated rings. The van der Waals surface area contributed by atoms with Crippen molar-refractivity contribution in [2.24, 2.45) is 5.92 Å². The Labute approximate surface area is 222 Å². The van der Waals surface area contributed by atoms with E-state index < -0.39 is 11.7 Å². The molecule has 1 aromatic carbocycles. The molecule has 1 aliphatic carbocycles. The number of ether oxygens (including phenoxy) is 1. The molecule has 1 saturated carbocycles. The molecule has 0 atom stereocenters. The summed E-state index contributed by atoms with van der Waals surface area (Å²) < 4.78 is 12.2. The van der Waals surface area contributed by atoms with E-state index >= 15 is 0 Å². The van der Waals surface area contributed by atoms with Crippen LogP contribution in [0.5, 0.6) is 0 Å². The first kappa shape index (κ1) is 26.9. The van der Waals surface area contributed by atoms with E-state index in [9.17, 15) is 14.9 Å². The van der Waals surface area contributed by atoms with Crippen LogP contribution in [0.1, 0.15) is 76.7 Å². The smallest absolute Gasteiger partial charge is 0.413 e. The van der Waals surface area contributed by atoms with E-state index in [4.69, 9.17) is 9.26 Å². The van der Waals surface area contributed by atoms with Crippen molar-refractivity contribution in [3.63, 3.8) is 0 Å². The molecule has 2 amide bonds. The van der Waals surface area contributed by atoms with Gasteiger partial charge in [-0.15, -0.1) is 0 Å². The Morgan fingerprint density at radius 3 is 2.50 bits per heavy atom. The second-order valence-electron chi connectivity index (χ2n) is 11.0. The lowest BCUT2D eigenvalue weighted by Gasteiger charge is -2.23. The van der Waals surface area contributed by atoms with Crippen LogP contribution in [-0.4, -0.2) is 32.5 Å². The fourth-order valence-electron chi connectivity index (χ4n) is 4.24. The topological polar surface area (TPSA) is 135 Å². The Morgan fingerprint density at radius 2 is 1.92 bits per heavy atom. The number of carbonyl (C=O) groups is 2. The van der Waals surface area contributed by atoms with Crippen molar-refractivity contribution in [1.82, 2.24) is 14.9 Å². The maximum absolute atomic E-state index is 12.6. The number of carbonyl (C=O) groups excluding carboxylic acids is 2. The van der Waals surface area contributed by atoms with Gasteiger partial charge < -0.3 is 9.26 Å². The van der Waals surface area contributed by atoms with E-state index in [1.807, 2.05) is 26.0 Å². The van der Waals surface area contributed by atoms with Gasteiger partial charge in [-0.3, -0.25) is 15.4 Å². The van der Waals surface area contributed by atoms with Crippen LogP contribution in [-0.2, 0) is 22.4 Å². The van der Waals surface area contributed by atoms with Gasteiger partial charge >= 0.3 is 6.09 Å². The van der Waals surface area contributed by atoms with Gasteiger partial charge in [-0.2, -0.15) is 10.4 Å². The molecule has 0 radical (unpaired) electrons. The zero-order valence-corrected chi connectivity index (χ0v) is 22.5. The van der Waals surface area contributed by atoms with Crippen LogP contribution >= 0.6 is 0 Å². The predicted octanol–water partition coefficient (Wildman–Crippen LogP) is 5.86. The average molecular weight is 519 g/mol. The monoisotopic (exact) mass is 518 g/mol. The van der Waals surface area contributed by atoms with Crippen molar-refractivity contribution in [3.8, 4) is 17.3 Å². The Kier molecular flexibility index (Phi) is 7.86. The zero-order valence-electron chi connectivity index (χ0n) is 22.5. The molecule has 0 unspecified atom stereocenters. The van der Waals surface area contributed by atoms with Gasteiger partial charge in [0.25, 0.3) is 0 Å². The normalized spacial score (nSPS) is 13.6. The Morgan fingerprint density at radius 1 is 1.21 bits per heavy atom. The third kappa shape index (κ3) is 6.59. The number of hydrogen-bond donors (Lipinski definition) is 2. The minimum absolute atomic E-state index is 0.117. The largest absolute Gasteiger partial charge is 0.444 e. The maximum Gasteiger partial charge on any atom is 0.413 e. The second-order valence-corrected chi connectivity index (χ2v) is 11.0. The molecule has 0 saturated heterocycles. The van der Waals surface area contributed by atoms with Crippen LogP contribution in [0.2, 0.25) is 0 Å². The summed E-state index contributed by atoms with van der Waals surface area (Å²) in [6.07, 6.45) is 4.08. The van der Waals surface area contributed by atoms with Gasteiger partial charge in [0.05, 0.1) is 12.1 Å². The standard InChI is InChI=1S/C28H34N6O4/c1-17(2)34-26(31-27(36)37-28(3,4)5)22(16-29)25(32-34)20-11-9-19(10-12-20)14-23(35)30-24-15-21(33-38-24)13-18-7-6-8-18/h9-12,15,17-18H,6-8,13-14H2,1-5H3,(H,30,35)(H,31,36). The van der Waals surface area contributed by atoms with Gasteiger partial charge in [0, 0.05) is 17.7 Å². The highest BCUT2D eigenvalue weighted by Crippen LogP contribution is 2.32. The quantitative estimate of drug-likeness (QED) is 0.381. The first-order valence-electron chi connectivity index (χ1n) is 12.9. The lowest BCUT2D eigenvalue weighted by Crippen LogP contribution is -2.28. The molecule has 4 rings (SSSR count). The fraction of sp³-hybridized carbons (Fsp3) is 0.464. The highest BCUT2D eigenvalue weighted by atomic mass is 16.6. The number of nitriles is 1. The van der Waals surface area contributed by atoms with Gasteiger partial charge in [-0.25, -0.2) is 9.48 Å². The van der Waals surface area contributed by atoms with E-state index in [1.165, 1.54) is 19.3 Å². The molecule has 10 heteroatoms. The molecular weight excluding hydrogens is 484 g/mol. The summed E-state index contributed by atoms with van der Waals surface area (Å²) in [5.74, 6) is 1.08. The van der Waals surface area contributed by atoms with Crippen molar-refractivity contribution in [3.05, 3.63) is 47.2 Å². The summed E-state index contributed by atoms with van der Waals surface area (Å²) in [5, 5.41) is 24.0. The van der Waals surface area contributed by atoms with Gasteiger partial charge in [0.2, 0.25) is 11.8 Å². The molecule has 2 heterocycles. The minimum atomic E-state index is -0.684. The number of aromatic nitrogens is 3. The molecule has 3 aromatic rings. The summed E-state index contributed by atoms with van der Waals surface area (Å²) in [6.45, 7) is 9.12. The molecule has 2 N–H and O–H groups in total. The summed E-state index contributed by atoms with van der Waals surface area (Å²) in [5.41, 5.74) is 2.32. The summed E-state index contributed by atoms with van der Waals surface area (Å²) in [7, 11) is 0. The Hall–Kier alpha value is -4.13.